The average molecular weight is 348 g/mol. The van der Waals surface area contributed by atoms with E-state index in [-0.39, 0.29) is 10.8 Å². The molecule has 0 aromatic heterocycles. The molecule has 6 nitrogen and oxygen atoms in total. The summed E-state index contributed by atoms with van der Waals surface area (Å²) in [4.78, 5) is 11.2. The Bertz CT molecular complexity index is 830. The van der Waals surface area contributed by atoms with Gasteiger partial charge in [-0.15, -0.1) is 0 Å². The lowest BCUT2D eigenvalue weighted by Gasteiger charge is -2.18. The molecular weight excluding hydrogens is 328 g/mol. The molecule has 1 atom stereocenters. The number of para-hydroxylation sites is 1. The zero-order valence-corrected chi connectivity index (χ0v) is 14.2. The van der Waals surface area contributed by atoms with Crippen molar-refractivity contribution >= 4 is 21.7 Å². The van der Waals surface area contributed by atoms with E-state index in [1.54, 1.807) is 32.0 Å². The highest BCUT2D eigenvalue weighted by Crippen LogP contribution is 2.26. The predicted octanol–water partition coefficient (Wildman–Crippen LogP) is 2.32. The number of rotatable bonds is 6. The van der Waals surface area contributed by atoms with Crippen LogP contribution in [0.5, 0.6) is 0 Å². The maximum Gasteiger partial charge on any atom is 0.322 e. The molecule has 2 aromatic rings. The van der Waals surface area contributed by atoms with Gasteiger partial charge in [0.1, 0.15) is 6.04 Å². The third-order valence-corrected chi connectivity index (χ3v) is 5.11. The number of hydrogen-bond acceptors (Lipinski definition) is 4. The van der Waals surface area contributed by atoms with Gasteiger partial charge in [0.15, 0.2) is 0 Å². The maximum absolute atomic E-state index is 12.4. The molecule has 0 amide bonds. The first-order valence-corrected chi connectivity index (χ1v) is 8.91. The van der Waals surface area contributed by atoms with Crippen LogP contribution in [-0.4, -0.2) is 25.5 Å². The summed E-state index contributed by atoms with van der Waals surface area (Å²) in [6.45, 7) is 3.28. The van der Waals surface area contributed by atoms with Crippen molar-refractivity contribution in [3.05, 3.63) is 48.5 Å². The molecule has 2 aromatic carbocycles. The van der Waals surface area contributed by atoms with Crippen LogP contribution in [0.2, 0.25) is 0 Å². The summed E-state index contributed by atoms with van der Waals surface area (Å²) in [5.41, 5.74) is 8.10. The molecule has 0 saturated heterocycles. The smallest absolute Gasteiger partial charge is 0.322 e. The second-order valence-electron chi connectivity index (χ2n) is 5.79. The van der Waals surface area contributed by atoms with Gasteiger partial charge in [-0.3, -0.25) is 4.79 Å². The number of carboxylic acids is 1. The van der Waals surface area contributed by atoms with Crippen molar-refractivity contribution in [2.45, 2.75) is 24.8 Å². The van der Waals surface area contributed by atoms with E-state index in [4.69, 9.17) is 10.8 Å². The van der Waals surface area contributed by atoms with Crippen molar-refractivity contribution in [1.29, 1.82) is 0 Å². The second kappa shape index (κ2) is 7.02. The number of carbonyl (C=O) groups is 1. The third-order valence-electron chi connectivity index (χ3n) is 3.65. The van der Waals surface area contributed by atoms with E-state index >= 15 is 0 Å². The highest BCUT2D eigenvalue weighted by molar-refractivity contribution is 7.89. The summed E-state index contributed by atoms with van der Waals surface area (Å²) in [6, 6.07) is 12.2. The number of hydrogen-bond donors (Lipinski definition) is 3. The van der Waals surface area contributed by atoms with Gasteiger partial charge in [-0.1, -0.05) is 44.2 Å². The van der Waals surface area contributed by atoms with Crippen molar-refractivity contribution in [3.63, 3.8) is 0 Å². The van der Waals surface area contributed by atoms with Gasteiger partial charge in [-0.25, -0.2) is 8.42 Å². The maximum atomic E-state index is 12.4. The monoisotopic (exact) mass is 348 g/mol. The van der Waals surface area contributed by atoms with E-state index in [0.29, 0.717) is 5.69 Å². The molecule has 0 aliphatic rings. The minimum atomic E-state index is -3.92. The SMILES string of the molecule is CC(C)[C@@H](NS(=O)(=O)c1ccc(-c2ccccc2N)cc1)C(=O)O. The fourth-order valence-corrected chi connectivity index (χ4v) is 3.62. The van der Waals surface area contributed by atoms with Gasteiger partial charge < -0.3 is 10.8 Å². The molecule has 0 aliphatic carbocycles. The number of sulfonamides is 1. The number of benzene rings is 2. The summed E-state index contributed by atoms with van der Waals surface area (Å²) in [7, 11) is -3.92. The van der Waals surface area contributed by atoms with Crippen LogP contribution < -0.4 is 10.5 Å². The largest absolute Gasteiger partial charge is 0.480 e. The number of anilines is 1. The van der Waals surface area contributed by atoms with Gasteiger partial charge >= 0.3 is 5.97 Å². The van der Waals surface area contributed by atoms with E-state index in [1.165, 1.54) is 12.1 Å². The molecular formula is C17H20N2O4S. The highest BCUT2D eigenvalue weighted by Gasteiger charge is 2.27. The Morgan fingerprint density at radius 3 is 2.17 bits per heavy atom. The van der Waals surface area contributed by atoms with Crippen molar-refractivity contribution in [1.82, 2.24) is 4.72 Å². The van der Waals surface area contributed by atoms with Crippen LogP contribution in [0.15, 0.2) is 53.4 Å². The number of aliphatic carboxylic acids is 1. The second-order valence-corrected chi connectivity index (χ2v) is 7.51. The minimum absolute atomic E-state index is 0.00709. The average Bonchev–Trinajstić information content (AvgIpc) is 2.53. The molecule has 128 valence electrons. The fourth-order valence-electron chi connectivity index (χ4n) is 2.28. The lowest BCUT2D eigenvalue weighted by atomic mass is 10.0. The summed E-state index contributed by atoms with van der Waals surface area (Å²) in [5, 5.41) is 9.14. The topological polar surface area (TPSA) is 109 Å². The van der Waals surface area contributed by atoms with Crippen LogP contribution in [0.25, 0.3) is 11.1 Å². The summed E-state index contributed by atoms with van der Waals surface area (Å²) >= 11 is 0. The Morgan fingerprint density at radius 2 is 1.67 bits per heavy atom. The quantitative estimate of drug-likeness (QED) is 0.694. The minimum Gasteiger partial charge on any atom is -0.480 e. The van der Waals surface area contributed by atoms with E-state index in [0.717, 1.165) is 11.1 Å². The molecule has 0 radical (unpaired) electrons. The van der Waals surface area contributed by atoms with Gasteiger partial charge in [0.05, 0.1) is 4.90 Å². The summed E-state index contributed by atoms with van der Waals surface area (Å²) in [5.74, 6) is -1.58. The molecule has 0 aliphatic heterocycles. The predicted molar refractivity (Wildman–Crippen MR) is 92.9 cm³/mol. The molecule has 24 heavy (non-hydrogen) atoms. The first-order chi connectivity index (χ1) is 11.2. The van der Waals surface area contributed by atoms with Crippen LogP contribution in [0, 0.1) is 5.92 Å². The van der Waals surface area contributed by atoms with Crippen molar-refractivity contribution < 1.29 is 18.3 Å². The Balaban J connectivity index is 2.30. The van der Waals surface area contributed by atoms with E-state index < -0.39 is 22.0 Å². The molecule has 0 heterocycles. The molecule has 0 unspecified atom stereocenters. The van der Waals surface area contributed by atoms with Crippen LogP contribution in [0.4, 0.5) is 5.69 Å². The van der Waals surface area contributed by atoms with Gasteiger partial charge in [0, 0.05) is 11.3 Å². The zero-order valence-electron chi connectivity index (χ0n) is 13.4. The van der Waals surface area contributed by atoms with Crippen molar-refractivity contribution in [3.8, 4) is 11.1 Å². The van der Waals surface area contributed by atoms with E-state index in [2.05, 4.69) is 4.72 Å². The lowest BCUT2D eigenvalue weighted by Crippen LogP contribution is -2.44. The van der Waals surface area contributed by atoms with Crippen LogP contribution in [0.1, 0.15) is 13.8 Å². The van der Waals surface area contributed by atoms with Crippen LogP contribution in [-0.2, 0) is 14.8 Å². The number of carboxylic acid groups (broad SMARTS) is 1. The van der Waals surface area contributed by atoms with Crippen LogP contribution in [0.3, 0.4) is 0 Å². The van der Waals surface area contributed by atoms with E-state index in [1.807, 2.05) is 18.2 Å². The molecule has 0 fully saturated rings. The molecule has 4 N–H and O–H groups in total. The summed E-state index contributed by atoms with van der Waals surface area (Å²) < 4.78 is 27.0. The van der Waals surface area contributed by atoms with Gasteiger partial charge in [0.2, 0.25) is 10.0 Å². The lowest BCUT2D eigenvalue weighted by molar-refractivity contribution is -0.140. The highest BCUT2D eigenvalue weighted by atomic mass is 32.2. The summed E-state index contributed by atoms with van der Waals surface area (Å²) in [6.07, 6.45) is 0. The van der Waals surface area contributed by atoms with Crippen molar-refractivity contribution in [2.24, 2.45) is 5.92 Å². The van der Waals surface area contributed by atoms with E-state index in [9.17, 15) is 13.2 Å². The Hall–Kier alpha value is -2.38. The molecule has 7 heteroatoms. The van der Waals surface area contributed by atoms with Gasteiger partial charge in [-0.05, 0) is 29.7 Å². The molecule has 0 spiro atoms. The Labute approximate surface area is 141 Å². The molecule has 2 rings (SSSR count). The number of nitrogens with one attached hydrogen (secondary N) is 1. The zero-order chi connectivity index (χ0) is 17.9. The Kier molecular flexibility index (Phi) is 5.26. The first kappa shape index (κ1) is 18.0. The van der Waals surface area contributed by atoms with Crippen LogP contribution >= 0.6 is 0 Å². The fraction of sp³-hybridized carbons (Fsp3) is 0.235. The first-order valence-electron chi connectivity index (χ1n) is 7.42. The molecule has 0 saturated carbocycles. The number of nitrogen functional groups attached to an aromatic ring is 1. The van der Waals surface area contributed by atoms with Gasteiger partial charge in [-0.2, -0.15) is 4.72 Å². The van der Waals surface area contributed by atoms with Gasteiger partial charge in [0.25, 0.3) is 0 Å². The molecule has 0 bridgehead atoms. The van der Waals surface area contributed by atoms with Crippen molar-refractivity contribution in [2.75, 3.05) is 5.73 Å². The standard InChI is InChI=1S/C17H20N2O4S/c1-11(2)16(17(20)21)19-24(22,23)13-9-7-12(8-10-13)14-5-3-4-6-15(14)18/h3-11,16,19H,18H2,1-2H3,(H,20,21)/t16-/m1/s1. The number of nitrogens with two attached hydrogens (primary N) is 1. The third kappa shape index (κ3) is 3.93. The normalized spacial score (nSPS) is 13.0. The Morgan fingerprint density at radius 1 is 1.08 bits per heavy atom.